The summed E-state index contributed by atoms with van der Waals surface area (Å²) in [4.78, 5) is 5.27. The summed E-state index contributed by atoms with van der Waals surface area (Å²) in [5, 5.41) is 3.84. The van der Waals surface area contributed by atoms with E-state index in [9.17, 15) is 4.39 Å². The first kappa shape index (κ1) is 15.0. The smallest absolute Gasteiger partial charge is 0.142 e. The topological polar surface area (TPSA) is 21.6 Å². The molecule has 0 amide bonds. The monoisotopic (exact) mass is 305 g/mol. The van der Waals surface area contributed by atoms with Gasteiger partial charge in [-0.25, -0.2) is 4.39 Å². The number of hydrogen-bond acceptors (Lipinski definition) is 2. The van der Waals surface area contributed by atoms with Crippen LogP contribution in [0.4, 0.5) is 4.39 Å². The molecule has 0 aliphatic rings. The summed E-state index contributed by atoms with van der Waals surface area (Å²) in [6.45, 7) is 0.339. The Kier molecular flexibility index (Phi) is 4.79. The molecule has 0 spiro atoms. The van der Waals surface area contributed by atoms with E-state index < -0.39 is 0 Å². The molecule has 0 aliphatic heterocycles. The predicted octanol–water partition coefficient (Wildman–Crippen LogP) is 5.04. The largest absolute Gasteiger partial charge is 0.391 e. The van der Waals surface area contributed by atoms with Gasteiger partial charge in [0.1, 0.15) is 12.4 Å². The van der Waals surface area contributed by atoms with E-state index in [1.54, 1.807) is 18.2 Å². The Hall–Kier alpha value is -2.94. The van der Waals surface area contributed by atoms with Gasteiger partial charge >= 0.3 is 0 Å². The van der Waals surface area contributed by atoms with Crippen molar-refractivity contribution in [2.75, 3.05) is 0 Å². The summed E-state index contributed by atoms with van der Waals surface area (Å²) in [6, 6.07) is 24.7. The SMILES string of the molecule is Fc1ccccc1C=NOCc1cccc(-c2ccccc2)c1. The minimum absolute atomic E-state index is 0.314. The molecule has 3 rings (SSSR count). The standard InChI is InChI=1S/C20H16FNO/c21-20-12-5-4-10-19(20)14-22-23-15-16-7-6-11-18(13-16)17-8-2-1-3-9-17/h1-14H,15H2. The molecule has 0 saturated carbocycles. The van der Waals surface area contributed by atoms with Crippen LogP contribution in [0.15, 0.2) is 84.0 Å². The minimum Gasteiger partial charge on any atom is -0.391 e. The minimum atomic E-state index is -0.314. The average molecular weight is 305 g/mol. The Balaban J connectivity index is 1.64. The lowest BCUT2D eigenvalue weighted by Gasteiger charge is -2.05. The van der Waals surface area contributed by atoms with Crippen LogP contribution in [0, 0.1) is 5.82 Å². The second-order valence-electron chi connectivity index (χ2n) is 5.10. The molecule has 0 atom stereocenters. The lowest BCUT2D eigenvalue weighted by atomic mass is 10.0. The van der Waals surface area contributed by atoms with Crippen LogP contribution in [0.5, 0.6) is 0 Å². The Morgan fingerprint density at radius 2 is 1.57 bits per heavy atom. The summed E-state index contributed by atoms with van der Waals surface area (Å²) in [7, 11) is 0. The van der Waals surface area contributed by atoms with Crippen molar-refractivity contribution in [1.82, 2.24) is 0 Å². The van der Waals surface area contributed by atoms with Crippen LogP contribution >= 0.6 is 0 Å². The molecule has 23 heavy (non-hydrogen) atoms. The third kappa shape index (κ3) is 4.04. The van der Waals surface area contributed by atoms with Crippen LogP contribution in [0.25, 0.3) is 11.1 Å². The van der Waals surface area contributed by atoms with Crippen molar-refractivity contribution in [3.63, 3.8) is 0 Å². The highest BCUT2D eigenvalue weighted by Crippen LogP contribution is 2.20. The van der Waals surface area contributed by atoms with Gasteiger partial charge in [-0.15, -0.1) is 0 Å². The molecule has 0 fully saturated rings. The van der Waals surface area contributed by atoms with Crippen molar-refractivity contribution < 1.29 is 9.23 Å². The fourth-order valence-electron chi connectivity index (χ4n) is 2.26. The van der Waals surface area contributed by atoms with Gasteiger partial charge in [0.2, 0.25) is 0 Å². The first-order valence-corrected chi connectivity index (χ1v) is 7.37. The lowest BCUT2D eigenvalue weighted by Crippen LogP contribution is -1.91. The summed E-state index contributed by atoms with van der Waals surface area (Å²) >= 11 is 0. The number of halogens is 1. The third-order valence-corrected chi connectivity index (χ3v) is 3.44. The van der Waals surface area contributed by atoms with Gasteiger partial charge in [-0.1, -0.05) is 71.9 Å². The second-order valence-corrected chi connectivity index (χ2v) is 5.10. The molecule has 0 radical (unpaired) electrons. The van der Waals surface area contributed by atoms with Gasteiger partial charge in [-0.05, 0) is 28.8 Å². The van der Waals surface area contributed by atoms with Crippen LogP contribution in [-0.2, 0) is 11.4 Å². The number of hydrogen-bond donors (Lipinski definition) is 0. The lowest BCUT2D eigenvalue weighted by molar-refractivity contribution is 0.132. The molecule has 0 unspecified atom stereocenters. The molecule has 114 valence electrons. The van der Waals surface area contributed by atoms with Crippen molar-refractivity contribution in [3.05, 3.63) is 95.8 Å². The van der Waals surface area contributed by atoms with Crippen LogP contribution in [-0.4, -0.2) is 6.21 Å². The Bertz CT molecular complexity index is 800. The first-order valence-electron chi connectivity index (χ1n) is 7.37. The number of oxime groups is 1. The van der Waals surface area contributed by atoms with E-state index in [-0.39, 0.29) is 5.82 Å². The molecular formula is C20H16FNO. The summed E-state index contributed by atoms with van der Waals surface area (Å²) in [5.41, 5.74) is 3.71. The fourth-order valence-corrected chi connectivity index (χ4v) is 2.26. The van der Waals surface area contributed by atoms with E-state index in [1.165, 1.54) is 12.3 Å². The van der Waals surface area contributed by atoms with E-state index >= 15 is 0 Å². The van der Waals surface area contributed by atoms with Crippen molar-refractivity contribution in [3.8, 4) is 11.1 Å². The van der Waals surface area contributed by atoms with E-state index in [2.05, 4.69) is 29.4 Å². The highest BCUT2D eigenvalue weighted by atomic mass is 19.1. The molecule has 0 saturated heterocycles. The van der Waals surface area contributed by atoms with Crippen LogP contribution in [0.2, 0.25) is 0 Å². The highest BCUT2D eigenvalue weighted by Gasteiger charge is 2.00. The van der Waals surface area contributed by atoms with Crippen molar-refractivity contribution in [2.45, 2.75) is 6.61 Å². The second kappa shape index (κ2) is 7.36. The molecule has 2 nitrogen and oxygen atoms in total. The Morgan fingerprint density at radius 3 is 2.39 bits per heavy atom. The van der Waals surface area contributed by atoms with Gasteiger partial charge in [0.05, 0.1) is 6.21 Å². The van der Waals surface area contributed by atoms with Gasteiger partial charge in [0.15, 0.2) is 0 Å². The number of benzene rings is 3. The molecule has 0 bridgehead atoms. The van der Waals surface area contributed by atoms with Crippen molar-refractivity contribution in [1.29, 1.82) is 0 Å². The van der Waals surface area contributed by atoms with Gasteiger partial charge in [-0.3, -0.25) is 0 Å². The van der Waals surface area contributed by atoms with Crippen LogP contribution in [0.3, 0.4) is 0 Å². The molecule has 3 aromatic carbocycles. The van der Waals surface area contributed by atoms with Crippen LogP contribution in [0.1, 0.15) is 11.1 Å². The normalized spacial score (nSPS) is 10.8. The quantitative estimate of drug-likeness (QED) is 0.478. The van der Waals surface area contributed by atoms with Gasteiger partial charge in [0.25, 0.3) is 0 Å². The highest BCUT2D eigenvalue weighted by molar-refractivity contribution is 5.79. The summed E-state index contributed by atoms with van der Waals surface area (Å²) < 4.78 is 13.4. The number of nitrogens with zero attached hydrogens (tertiary/aromatic N) is 1. The van der Waals surface area contributed by atoms with Crippen molar-refractivity contribution in [2.24, 2.45) is 5.16 Å². The summed E-state index contributed by atoms with van der Waals surface area (Å²) in [5.74, 6) is -0.314. The molecule has 0 N–H and O–H groups in total. The number of rotatable bonds is 5. The van der Waals surface area contributed by atoms with E-state index in [4.69, 9.17) is 4.84 Å². The molecule has 3 aromatic rings. The molecule has 0 aliphatic carbocycles. The molecular weight excluding hydrogens is 289 g/mol. The van der Waals surface area contributed by atoms with E-state index in [0.29, 0.717) is 12.2 Å². The third-order valence-electron chi connectivity index (χ3n) is 3.44. The first-order chi connectivity index (χ1) is 11.3. The molecule has 0 aromatic heterocycles. The van der Waals surface area contributed by atoms with E-state index in [0.717, 1.165) is 16.7 Å². The van der Waals surface area contributed by atoms with Gasteiger partial charge in [0, 0.05) is 5.56 Å². The van der Waals surface area contributed by atoms with E-state index in [1.807, 2.05) is 30.3 Å². The molecule has 0 heterocycles. The van der Waals surface area contributed by atoms with Gasteiger partial charge in [-0.2, -0.15) is 0 Å². The predicted molar refractivity (Wildman–Crippen MR) is 90.7 cm³/mol. The zero-order chi connectivity index (χ0) is 15.9. The van der Waals surface area contributed by atoms with Crippen LogP contribution < -0.4 is 0 Å². The average Bonchev–Trinajstić information content (AvgIpc) is 2.61. The van der Waals surface area contributed by atoms with Crippen molar-refractivity contribution >= 4 is 6.21 Å². The Morgan fingerprint density at radius 1 is 0.826 bits per heavy atom. The summed E-state index contributed by atoms with van der Waals surface area (Å²) in [6.07, 6.45) is 1.39. The molecule has 3 heteroatoms. The van der Waals surface area contributed by atoms with Gasteiger partial charge < -0.3 is 4.84 Å². The maximum Gasteiger partial charge on any atom is 0.142 e. The maximum absolute atomic E-state index is 13.4. The maximum atomic E-state index is 13.4. The Labute approximate surface area is 134 Å². The zero-order valence-electron chi connectivity index (χ0n) is 12.5. The fraction of sp³-hybridized carbons (Fsp3) is 0.0500. The zero-order valence-corrected chi connectivity index (χ0v) is 12.5.